The Morgan fingerprint density at radius 2 is 2.26 bits per heavy atom. The molecule has 0 fully saturated rings. The van der Waals surface area contributed by atoms with Crippen molar-refractivity contribution in [3.8, 4) is 5.75 Å². The summed E-state index contributed by atoms with van der Waals surface area (Å²) in [4.78, 5) is 10.6. The smallest absolute Gasteiger partial charge is 0.404 e. The van der Waals surface area contributed by atoms with E-state index in [1.54, 1.807) is 7.11 Å². The van der Waals surface area contributed by atoms with Crippen molar-refractivity contribution in [2.24, 2.45) is 5.92 Å². The van der Waals surface area contributed by atoms with Crippen LogP contribution in [0.4, 0.5) is 9.18 Å². The minimum Gasteiger partial charge on any atom is -0.466 e. The highest BCUT2D eigenvalue weighted by atomic mass is 127. The zero-order chi connectivity index (χ0) is 16.8. The normalized spacial score (nSPS) is 16.2. The Labute approximate surface area is 147 Å². The third kappa shape index (κ3) is 4.92. The van der Waals surface area contributed by atoms with Gasteiger partial charge in [0.05, 0.1) is 16.8 Å². The van der Waals surface area contributed by atoms with E-state index in [1.807, 2.05) is 28.7 Å². The van der Waals surface area contributed by atoms with Crippen LogP contribution in [0.3, 0.4) is 0 Å². The summed E-state index contributed by atoms with van der Waals surface area (Å²) in [6, 6.07) is 1.82. The number of hydrogen-bond donors (Lipinski definition) is 2. The van der Waals surface area contributed by atoms with Gasteiger partial charge in [-0.2, -0.15) is 0 Å². The molecule has 1 aliphatic rings. The first-order valence-electron chi connectivity index (χ1n) is 7.19. The minimum atomic E-state index is -1.06. The maximum absolute atomic E-state index is 14.5. The second-order valence-electron chi connectivity index (χ2n) is 5.26. The Bertz CT molecular complexity index is 569. The predicted octanol–water partition coefficient (Wildman–Crippen LogP) is 2.41. The van der Waals surface area contributed by atoms with E-state index in [-0.39, 0.29) is 18.5 Å². The molecule has 0 radical (unpaired) electrons. The summed E-state index contributed by atoms with van der Waals surface area (Å²) in [5, 5.41) is 11.0. The van der Waals surface area contributed by atoms with Crippen LogP contribution in [-0.2, 0) is 22.3 Å². The molecule has 0 bridgehead atoms. The summed E-state index contributed by atoms with van der Waals surface area (Å²) >= 11 is 1.92. The van der Waals surface area contributed by atoms with Gasteiger partial charge in [0.25, 0.3) is 0 Å². The number of carboxylic acid groups (broad SMARTS) is 1. The van der Waals surface area contributed by atoms with Crippen molar-refractivity contribution in [1.82, 2.24) is 5.32 Å². The van der Waals surface area contributed by atoms with Crippen molar-refractivity contribution in [1.29, 1.82) is 0 Å². The van der Waals surface area contributed by atoms with Crippen molar-refractivity contribution < 1.29 is 28.5 Å². The van der Waals surface area contributed by atoms with Gasteiger partial charge in [-0.1, -0.05) is 0 Å². The van der Waals surface area contributed by atoms with Crippen LogP contribution < -0.4 is 10.1 Å². The largest absolute Gasteiger partial charge is 0.466 e. The van der Waals surface area contributed by atoms with Gasteiger partial charge in [0, 0.05) is 13.7 Å². The molecule has 0 spiro atoms. The number of carbonyl (C=O) groups is 1. The van der Waals surface area contributed by atoms with Gasteiger partial charge in [-0.15, -0.1) is 0 Å². The first kappa shape index (κ1) is 18.2. The molecule has 8 heteroatoms. The average molecular weight is 439 g/mol. The number of amides is 1. The monoisotopic (exact) mass is 439 g/mol. The second kappa shape index (κ2) is 8.65. The number of nitrogens with one attached hydrogen (secondary N) is 1. The first-order valence-corrected chi connectivity index (χ1v) is 8.26. The molecule has 0 saturated heterocycles. The molecule has 0 saturated carbocycles. The molecule has 1 unspecified atom stereocenters. The van der Waals surface area contributed by atoms with Crippen molar-refractivity contribution in [3.05, 3.63) is 26.6 Å². The van der Waals surface area contributed by atoms with Crippen LogP contribution in [-0.4, -0.2) is 44.9 Å². The Kier molecular flexibility index (Phi) is 6.85. The number of rotatable bonds is 8. The number of benzene rings is 1. The third-order valence-electron chi connectivity index (χ3n) is 3.64. The molecule has 2 rings (SSSR count). The Morgan fingerprint density at radius 3 is 2.96 bits per heavy atom. The summed E-state index contributed by atoms with van der Waals surface area (Å²) < 4.78 is 30.5. The van der Waals surface area contributed by atoms with E-state index >= 15 is 0 Å². The van der Waals surface area contributed by atoms with Crippen LogP contribution in [0.15, 0.2) is 6.07 Å². The van der Waals surface area contributed by atoms with E-state index in [2.05, 4.69) is 5.32 Å². The number of halogens is 2. The van der Waals surface area contributed by atoms with Gasteiger partial charge in [0.2, 0.25) is 0 Å². The van der Waals surface area contributed by atoms with Gasteiger partial charge in [-0.25, -0.2) is 9.18 Å². The molecule has 2 N–H and O–H groups in total. The standard InChI is InChI=1S/C15H19FINO5/c1-21-2-3-22-8-23-12-6-10-4-9(7-18-15(19)20)5-11(10)13(16)14(12)17/h6,9,18H,2-5,7-8H2,1H3,(H,19,20). The molecule has 128 valence electrons. The molecule has 1 amide bonds. The van der Waals surface area contributed by atoms with Crippen molar-refractivity contribution in [2.45, 2.75) is 12.8 Å². The van der Waals surface area contributed by atoms with Gasteiger partial charge >= 0.3 is 6.09 Å². The Balaban J connectivity index is 1.98. The van der Waals surface area contributed by atoms with Crippen LogP contribution in [0.25, 0.3) is 0 Å². The fraction of sp³-hybridized carbons (Fsp3) is 0.533. The quantitative estimate of drug-likeness (QED) is 0.370. The minimum absolute atomic E-state index is 0.0294. The fourth-order valence-electron chi connectivity index (χ4n) is 2.55. The fourth-order valence-corrected chi connectivity index (χ4v) is 3.19. The molecule has 0 aromatic heterocycles. The van der Waals surface area contributed by atoms with E-state index in [9.17, 15) is 9.18 Å². The number of fused-ring (bicyclic) bond motifs is 1. The van der Waals surface area contributed by atoms with Crippen LogP contribution in [0.5, 0.6) is 5.75 Å². The van der Waals surface area contributed by atoms with Crippen LogP contribution in [0.2, 0.25) is 0 Å². The highest BCUT2D eigenvalue weighted by Gasteiger charge is 2.28. The van der Waals surface area contributed by atoms with Gasteiger partial charge in [0.15, 0.2) is 6.79 Å². The maximum Gasteiger partial charge on any atom is 0.404 e. The maximum atomic E-state index is 14.5. The van der Waals surface area contributed by atoms with Crippen LogP contribution in [0.1, 0.15) is 11.1 Å². The molecule has 1 atom stereocenters. The van der Waals surface area contributed by atoms with Crippen molar-refractivity contribution in [3.63, 3.8) is 0 Å². The second-order valence-corrected chi connectivity index (χ2v) is 6.34. The molecule has 1 aromatic carbocycles. The van der Waals surface area contributed by atoms with Crippen LogP contribution in [0, 0.1) is 15.3 Å². The van der Waals surface area contributed by atoms with Crippen molar-refractivity contribution >= 4 is 28.7 Å². The number of ether oxygens (including phenoxy) is 3. The topological polar surface area (TPSA) is 77.0 Å². The number of hydrogen-bond acceptors (Lipinski definition) is 4. The lowest BCUT2D eigenvalue weighted by molar-refractivity contribution is -0.00901. The highest BCUT2D eigenvalue weighted by molar-refractivity contribution is 14.1. The molecule has 23 heavy (non-hydrogen) atoms. The molecule has 1 aliphatic carbocycles. The summed E-state index contributed by atoms with van der Waals surface area (Å²) in [6.45, 7) is 1.22. The average Bonchev–Trinajstić information content (AvgIpc) is 2.93. The molecular formula is C15H19FINO5. The summed E-state index contributed by atoms with van der Waals surface area (Å²) in [6.07, 6.45) is 0.0973. The molecule has 0 heterocycles. The third-order valence-corrected chi connectivity index (χ3v) is 4.64. The van der Waals surface area contributed by atoms with E-state index in [1.165, 1.54) is 0 Å². The predicted molar refractivity (Wildman–Crippen MR) is 89.4 cm³/mol. The summed E-state index contributed by atoms with van der Waals surface area (Å²) in [7, 11) is 1.58. The summed E-state index contributed by atoms with van der Waals surface area (Å²) in [5.74, 6) is 0.235. The zero-order valence-electron chi connectivity index (χ0n) is 12.7. The SMILES string of the molecule is COCCOCOc1cc2c(c(F)c1I)CC(CNC(=O)O)C2. The summed E-state index contributed by atoms with van der Waals surface area (Å²) in [5.41, 5.74) is 1.52. The van der Waals surface area contributed by atoms with Gasteiger partial charge in [0.1, 0.15) is 11.6 Å². The van der Waals surface area contributed by atoms with E-state index in [0.717, 1.165) is 5.56 Å². The number of methoxy groups -OCH3 is 1. The Hall–Kier alpha value is -1.13. The lowest BCUT2D eigenvalue weighted by Gasteiger charge is -2.12. The zero-order valence-corrected chi connectivity index (χ0v) is 14.9. The first-order chi connectivity index (χ1) is 11.0. The van der Waals surface area contributed by atoms with Crippen molar-refractivity contribution in [2.75, 3.05) is 33.7 Å². The molecule has 1 aromatic rings. The highest BCUT2D eigenvalue weighted by Crippen LogP contribution is 2.36. The van der Waals surface area contributed by atoms with Gasteiger partial charge in [-0.05, 0) is 58.5 Å². The lowest BCUT2D eigenvalue weighted by atomic mass is 10.1. The molecule has 0 aliphatic heterocycles. The molecule has 6 nitrogen and oxygen atoms in total. The Morgan fingerprint density at radius 1 is 1.48 bits per heavy atom. The van der Waals surface area contributed by atoms with E-state index in [0.29, 0.717) is 47.5 Å². The van der Waals surface area contributed by atoms with Gasteiger partial charge in [-0.3, -0.25) is 0 Å². The van der Waals surface area contributed by atoms with Crippen LogP contribution >= 0.6 is 22.6 Å². The molecular weight excluding hydrogens is 420 g/mol. The van der Waals surface area contributed by atoms with Gasteiger partial charge < -0.3 is 24.6 Å². The lowest BCUT2D eigenvalue weighted by Crippen LogP contribution is -2.27. The van der Waals surface area contributed by atoms with E-state index < -0.39 is 6.09 Å². The van der Waals surface area contributed by atoms with E-state index in [4.69, 9.17) is 19.3 Å².